The average molecular weight is 261 g/mol. The van der Waals surface area contributed by atoms with Crippen molar-refractivity contribution in [3.8, 4) is 0 Å². The van der Waals surface area contributed by atoms with E-state index in [4.69, 9.17) is 17.3 Å². The van der Waals surface area contributed by atoms with Gasteiger partial charge in [-0.05, 0) is 42.7 Å². The van der Waals surface area contributed by atoms with Crippen LogP contribution in [-0.4, -0.2) is 4.98 Å². The molecule has 2 N–H and O–H groups in total. The monoisotopic (exact) mass is 260 g/mol. The largest absolute Gasteiger partial charge is 0.324 e. The molecular formula is C15H17ClN2. The molecule has 1 heterocycles. The lowest BCUT2D eigenvalue weighted by molar-refractivity contribution is 0.705. The minimum Gasteiger partial charge on any atom is -0.324 e. The van der Waals surface area contributed by atoms with E-state index in [1.54, 1.807) is 0 Å². The fourth-order valence-corrected chi connectivity index (χ4v) is 1.98. The fourth-order valence-electron chi connectivity index (χ4n) is 1.86. The molecule has 0 aliphatic carbocycles. The van der Waals surface area contributed by atoms with Gasteiger partial charge in [0.05, 0.1) is 0 Å². The maximum Gasteiger partial charge on any atom is 0.0435 e. The van der Waals surface area contributed by atoms with Crippen LogP contribution in [0.1, 0.15) is 28.4 Å². The lowest BCUT2D eigenvalue weighted by atomic mass is 10.0. The highest BCUT2D eigenvalue weighted by Crippen LogP contribution is 2.21. The van der Waals surface area contributed by atoms with Crippen LogP contribution in [0.3, 0.4) is 0 Å². The van der Waals surface area contributed by atoms with Crippen LogP contribution in [-0.2, 0) is 6.42 Å². The lowest BCUT2D eigenvalue weighted by Gasteiger charge is -2.13. The molecule has 0 saturated heterocycles. The molecule has 0 saturated carbocycles. The smallest absolute Gasteiger partial charge is 0.0435 e. The second-order valence-corrected chi connectivity index (χ2v) is 5.05. The molecule has 0 radical (unpaired) electrons. The van der Waals surface area contributed by atoms with Gasteiger partial charge in [0.1, 0.15) is 0 Å². The van der Waals surface area contributed by atoms with Gasteiger partial charge in [0.15, 0.2) is 0 Å². The first-order valence-corrected chi connectivity index (χ1v) is 6.37. The Morgan fingerprint density at radius 3 is 2.61 bits per heavy atom. The normalized spacial score (nSPS) is 12.4. The van der Waals surface area contributed by atoms with E-state index in [2.05, 4.69) is 11.1 Å². The molecule has 0 aliphatic heterocycles. The molecule has 0 amide bonds. The van der Waals surface area contributed by atoms with Gasteiger partial charge < -0.3 is 5.73 Å². The Labute approximate surface area is 113 Å². The van der Waals surface area contributed by atoms with Crippen LogP contribution in [0.2, 0.25) is 5.02 Å². The number of pyridine rings is 1. The zero-order chi connectivity index (χ0) is 13.1. The van der Waals surface area contributed by atoms with E-state index in [-0.39, 0.29) is 6.04 Å². The van der Waals surface area contributed by atoms with Crippen molar-refractivity contribution in [1.82, 2.24) is 4.98 Å². The maximum absolute atomic E-state index is 6.20. The minimum atomic E-state index is -0.0452. The van der Waals surface area contributed by atoms with Crippen LogP contribution >= 0.6 is 11.6 Å². The van der Waals surface area contributed by atoms with Crippen LogP contribution in [0, 0.1) is 13.8 Å². The molecule has 0 aliphatic rings. The molecule has 2 nitrogen and oxygen atoms in total. The molecular weight excluding hydrogens is 244 g/mol. The minimum absolute atomic E-state index is 0.0452. The number of nitrogens with two attached hydrogens (primary N) is 1. The summed E-state index contributed by atoms with van der Waals surface area (Å²) < 4.78 is 0. The van der Waals surface area contributed by atoms with E-state index in [0.717, 1.165) is 33.8 Å². The molecule has 0 bridgehead atoms. The van der Waals surface area contributed by atoms with Crippen LogP contribution in [0.5, 0.6) is 0 Å². The topological polar surface area (TPSA) is 38.9 Å². The van der Waals surface area contributed by atoms with Crippen molar-refractivity contribution in [2.75, 3.05) is 0 Å². The van der Waals surface area contributed by atoms with Crippen molar-refractivity contribution in [3.05, 3.63) is 63.9 Å². The van der Waals surface area contributed by atoms with Gasteiger partial charge in [-0.1, -0.05) is 29.8 Å². The predicted molar refractivity (Wildman–Crippen MR) is 75.8 cm³/mol. The standard InChI is InChI=1S/C15H17ClN2/c1-10-3-5-13(18-9-10)8-15(17)12-4-6-14(16)11(2)7-12/h3-7,9,15H,8,17H2,1-2H3. The molecule has 1 aromatic carbocycles. The highest BCUT2D eigenvalue weighted by atomic mass is 35.5. The SMILES string of the molecule is Cc1ccc(CC(N)c2ccc(Cl)c(C)c2)nc1. The summed E-state index contributed by atoms with van der Waals surface area (Å²) in [6, 6.07) is 9.96. The third kappa shape index (κ3) is 3.09. The quantitative estimate of drug-likeness (QED) is 0.916. The number of halogens is 1. The molecule has 94 valence electrons. The van der Waals surface area contributed by atoms with Gasteiger partial charge in [0.2, 0.25) is 0 Å². The zero-order valence-corrected chi connectivity index (χ0v) is 11.4. The third-order valence-electron chi connectivity index (χ3n) is 3.01. The van der Waals surface area contributed by atoms with Gasteiger partial charge >= 0.3 is 0 Å². The van der Waals surface area contributed by atoms with E-state index in [1.165, 1.54) is 0 Å². The number of aromatic nitrogens is 1. The molecule has 1 atom stereocenters. The first kappa shape index (κ1) is 13.1. The Hall–Kier alpha value is -1.38. The van der Waals surface area contributed by atoms with Crippen molar-refractivity contribution in [1.29, 1.82) is 0 Å². The zero-order valence-electron chi connectivity index (χ0n) is 10.7. The second-order valence-electron chi connectivity index (χ2n) is 4.65. The number of nitrogens with zero attached hydrogens (tertiary/aromatic N) is 1. The van der Waals surface area contributed by atoms with Crippen LogP contribution in [0.25, 0.3) is 0 Å². The van der Waals surface area contributed by atoms with Gasteiger partial charge in [-0.25, -0.2) is 0 Å². The van der Waals surface area contributed by atoms with Gasteiger partial charge in [-0.15, -0.1) is 0 Å². The highest BCUT2D eigenvalue weighted by molar-refractivity contribution is 6.31. The molecule has 2 aromatic rings. The van der Waals surface area contributed by atoms with Gasteiger partial charge in [0.25, 0.3) is 0 Å². The Bertz CT molecular complexity index is 535. The Morgan fingerprint density at radius 1 is 1.22 bits per heavy atom. The summed E-state index contributed by atoms with van der Waals surface area (Å²) in [5, 5.41) is 0.777. The van der Waals surface area contributed by atoms with Crippen molar-refractivity contribution >= 4 is 11.6 Å². The highest BCUT2D eigenvalue weighted by Gasteiger charge is 2.09. The number of rotatable bonds is 3. The number of benzene rings is 1. The lowest BCUT2D eigenvalue weighted by Crippen LogP contribution is -2.14. The maximum atomic E-state index is 6.20. The van der Waals surface area contributed by atoms with Crippen molar-refractivity contribution in [2.24, 2.45) is 5.73 Å². The summed E-state index contributed by atoms with van der Waals surface area (Å²) in [4.78, 5) is 4.38. The predicted octanol–water partition coefficient (Wildman–Crippen LogP) is 3.59. The van der Waals surface area contributed by atoms with Gasteiger partial charge in [-0.3, -0.25) is 4.98 Å². The second kappa shape index (κ2) is 5.51. The third-order valence-corrected chi connectivity index (χ3v) is 3.44. The van der Waals surface area contributed by atoms with Crippen LogP contribution < -0.4 is 5.73 Å². The number of aryl methyl sites for hydroxylation is 2. The van der Waals surface area contributed by atoms with E-state index in [1.807, 2.05) is 44.3 Å². The van der Waals surface area contributed by atoms with Gasteiger partial charge in [-0.2, -0.15) is 0 Å². The fraction of sp³-hybridized carbons (Fsp3) is 0.267. The summed E-state index contributed by atoms with van der Waals surface area (Å²) in [6.45, 7) is 4.02. The Balaban J connectivity index is 2.13. The Morgan fingerprint density at radius 2 is 2.00 bits per heavy atom. The van der Waals surface area contributed by atoms with Crippen LogP contribution in [0.4, 0.5) is 0 Å². The number of hydrogen-bond donors (Lipinski definition) is 1. The summed E-state index contributed by atoms with van der Waals surface area (Å²) in [7, 11) is 0. The average Bonchev–Trinajstić information content (AvgIpc) is 2.35. The van der Waals surface area contributed by atoms with E-state index >= 15 is 0 Å². The first-order chi connectivity index (χ1) is 8.56. The molecule has 0 fully saturated rings. The molecule has 1 unspecified atom stereocenters. The van der Waals surface area contributed by atoms with E-state index < -0.39 is 0 Å². The van der Waals surface area contributed by atoms with Crippen molar-refractivity contribution in [3.63, 3.8) is 0 Å². The molecule has 18 heavy (non-hydrogen) atoms. The summed E-state index contributed by atoms with van der Waals surface area (Å²) in [5.41, 5.74) is 10.5. The summed E-state index contributed by atoms with van der Waals surface area (Å²) in [6.07, 6.45) is 2.61. The summed E-state index contributed by atoms with van der Waals surface area (Å²) >= 11 is 6.01. The first-order valence-electron chi connectivity index (χ1n) is 5.99. The van der Waals surface area contributed by atoms with Crippen molar-refractivity contribution in [2.45, 2.75) is 26.3 Å². The number of hydrogen-bond acceptors (Lipinski definition) is 2. The molecule has 2 rings (SSSR count). The molecule has 3 heteroatoms. The van der Waals surface area contributed by atoms with E-state index in [0.29, 0.717) is 0 Å². The summed E-state index contributed by atoms with van der Waals surface area (Å²) in [5.74, 6) is 0. The Kier molecular flexibility index (Phi) is 4.00. The molecule has 0 spiro atoms. The van der Waals surface area contributed by atoms with Crippen LogP contribution in [0.15, 0.2) is 36.5 Å². The molecule has 1 aromatic heterocycles. The van der Waals surface area contributed by atoms with E-state index in [9.17, 15) is 0 Å². The van der Waals surface area contributed by atoms with Crippen molar-refractivity contribution < 1.29 is 0 Å². The van der Waals surface area contributed by atoms with Gasteiger partial charge in [0, 0.05) is 29.4 Å².